The van der Waals surface area contributed by atoms with Gasteiger partial charge in [-0.25, -0.2) is 0 Å². The molecule has 1 fully saturated rings. The Balaban J connectivity index is 1.71. The molecule has 0 radical (unpaired) electrons. The Labute approximate surface area is 140 Å². The molecule has 23 heavy (non-hydrogen) atoms. The molecule has 0 amide bonds. The molecule has 0 bridgehead atoms. The topological polar surface area (TPSA) is 35.5 Å². The van der Waals surface area contributed by atoms with Crippen LogP contribution in [0, 0.1) is 11.8 Å². The van der Waals surface area contributed by atoms with E-state index in [1.807, 2.05) is 0 Å². The van der Waals surface area contributed by atoms with Crippen molar-refractivity contribution < 1.29 is 14.3 Å². The molecule has 1 saturated carbocycles. The molecule has 2 rings (SSSR count). The zero-order valence-corrected chi connectivity index (χ0v) is 14.6. The van der Waals surface area contributed by atoms with Gasteiger partial charge in [-0.3, -0.25) is 4.79 Å². The van der Waals surface area contributed by atoms with Crippen molar-refractivity contribution in [2.75, 3.05) is 13.7 Å². The molecule has 0 saturated heterocycles. The first-order chi connectivity index (χ1) is 11.2. The third-order valence-corrected chi connectivity index (χ3v) is 4.85. The van der Waals surface area contributed by atoms with E-state index in [-0.39, 0.29) is 11.9 Å². The van der Waals surface area contributed by atoms with E-state index in [0.29, 0.717) is 5.92 Å². The van der Waals surface area contributed by atoms with Crippen molar-refractivity contribution in [2.45, 2.75) is 58.3 Å². The summed E-state index contributed by atoms with van der Waals surface area (Å²) < 4.78 is 10.8. The minimum absolute atomic E-state index is 0.0433. The monoisotopic (exact) mass is 318 g/mol. The molecule has 3 nitrogen and oxygen atoms in total. The summed E-state index contributed by atoms with van der Waals surface area (Å²) in [6, 6.07) is 8.48. The Morgan fingerprint density at radius 1 is 1.22 bits per heavy atom. The fraction of sp³-hybridized carbons (Fsp3) is 0.650. The number of unbranched alkanes of at least 4 members (excludes halogenated alkanes) is 1. The van der Waals surface area contributed by atoms with Crippen LogP contribution in [-0.4, -0.2) is 19.7 Å². The van der Waals surface area contributed by atoms with Crippen LogP contribution in [0.1, 0.15) is 57.4 Å². The highest BCUT2D eigenvalue weighted by molar-refractivity contribution is 5.72. The van der Waals surface area contributed by atoms with E-state index in [2.05, 4.69) is 31.2 Å². The van der Waals surface area contributed by atoms with Gasteiger partial charge in [-0.1, -0.05) is 38.3 Å². The van der Waals surface area contributed by atoms with Gasteiger partial charge in [0.25, 0.3) is 0 Å². The minimum Gasteiger partial charge on any atom is -0.494 e. The molecule has 0 aliphatic heterocycles. The number of hydrogen-bond donors (Lipinski definition) is 0. The highest BCUT2D eigenvalue weighted by atomic mass is 16.5. The van der Waals surface area contributed by atoms with Crippen LogP contribution in [0.5, 0.6) is 5.75 Å². The van der Waals surface area contributed by atoms with Crippen molar-refractivity contribution in [2.24, 2.45) is 11.8 Å². The van der Waals surface area contributed by atoms with Gasteiger partial charge in [0.2, 0.25) is 0 Å². The number of carbonyl (C=O) groups is 1. The summed E-state index contributed by atoms with van der Waals surface area (Å²) in [6.45, 7) is 2.94. The average molecular weight is 318 g/mol. The van der Waals surface area contributed by atoms with Crippen molar-refractivity contribution in [3.8, 4) is 5.75 Å². The number of esters is 1. The summed E-state index contributed by atoms with van der Waals surface area (Å²) in [6.07, 6.45) is 8.88. The molecule has 1 aromatic carbocycles. The van der Waals surface area contributed by atoms with Gasteiger partial charge in [0.05, 0.1) is 19.6 Å². The number of benzene rings is 1. The number of aryl methyl sites for hydroxylation is 1. The zero-order valence-electron chi connectivity index (χ0n) is 14.6. The lowest BCUT2D eigenvalue weighted by Gasteiger charge is -2.27. The normalized spacial score (nSPS) is 21.0. The standard InChI is InChI=1S/C20H30O3/c1-3-4-6-16-9-11-19(12-10-16)23-14-13-17-7-5-8-18(15-17)20(21)22-2/h9-12,17-18H,3-8,13-15H2,1-2H3/t17-,18-/m0/s1. The number of rotatable bonds is 8. The van der Waals surface area contributed by atoms with E-state index in [0.717, 1.165) is 44.5 Å². The molecule has 128 valence electrons. The van der Waals surface area contributed by atoms with E-state index in [4.69, 9.17) is 9.47 Å². The molecule has 1 aliphatic rings. The highest BCUT2D eigenvalue weighted by Gasteiger charge is 2.27. The summed E-state index contributed by atoms with van der Waals surface area (Å²) in [5.41, 5.74) is 1.38. The molecule has 0 N–H and O–H groups in total. The average Bonchev–Trinajstić information content (AvgIpc) is 2.60. The Bertz CT molecular complexity index is 466. The first-order valence-electron chi connectivity index (χ1n) is 9.02. The third kappa shape index (κ3) is 5.89. The van der Waals surface area contributed by atoms with Crippen molar-refractivity contribution >= 4 is 5.97 Å². The van der Waals surface area contributed by atoms with Crippen molar-refractivity contribution in [3.05, 3.63) is 29.8 Å². The highest BCUT2D eigenvalue weighted by Crippen LogP contribution is 2.32. The van der Waals surface area contributed by atoms with Gasteiger partial charge < -0.3 is 9.47 Å². The molecule has 0 unspecified atom stereocenters. The van der Waals surface area contributed by atoms with Crippen LogP contribution >= 0.6 is 0 Å². The van der Waals surface area contributed by atoms with Gasteiger partial charge in [0.15, 0.2) is 0 Å². The van der Waals surface area contributed by atoms with Crippen LogP contribution in [0.4, 0.5) is 0 Å². The van der Waals surface area contributed by atoms with Crippen LogP contribution in [0.25, 0.3) is 0 Å². The molecule has 1 aliphatic carbocycles. The lowest BCUT2D eigenvalue weighted by molar-refractivity contribution is -0.147. The van der Waals surface area contributed by atoms with Gasteiger partial charge in [-0.2, -0.15) is 0 Å². The fourth-order valence-electron chi connectivity index (χ4n) is 3.41. The van der Waals surface area contributed by atoms with Crippen LogP contribution in [0.2, 0.25) is 0 Å². The van der Waals surface area contributed by atoms with Crippen molar-refractivity contribution in [3.63, 3.8) is 0 Å². The molecule has 1 aromatic rings. The first kappa shape index (κ1) is 17.8. The molecule has 3 heteroatoms. The maximum atomic E-state index is 11.7. The molecular formula is C20H30O3. The maximum absolute atomic E-state index is 11.7. The van der Waals surface area contributed by atoms with E-state index < -0.39 is 0 Å². The molecule has 0 aromatic heterocycles. The van der Waals surface area contributed by atoms with Crippen LogP contribution < -0.4 is 4.74 Å². The number of hydrogen-bond acceptors (Lipinski definition) is 3. The summed E-state index contributed by atoms with van der Waals surface area (Å²) in [4.78, 5) is 11.7. The van der Waals surface area contributed by atoms with E-state index in [9.17, 15) is 4.79 Å². The van der Waals surface area contributed by atoms with Gasteiger partial charge in [0.1, 0.15) is 5.75 Å². The molecule has 2 atom stereocenters. The predicted octanol–water partition coefficient (Wildman–Crippen LogP) is 4.78. The maximum Gasteiger partial charge on any atom is 0.308 e. The van der Waals surface area contributed by atoms with E-state index in [1.165, 1.54) is 31.9 Å². The van der Waals surface area contributed by atoms with Crippen LogP contribution in [-0.2, 0) is 16.0 Å². The second-order valence-corrected chi connectivity index (χ2v) is 6.64. The Morgan fingerprint density at radius 2 is 2.00 bits per heavy atom. The Kier molecular flexibility index (Phi) is 7.44. The van der Waals surface area contributed by atoms with Crippen LogP contribution in [0.15, 0.2) is 24.3 Å². The van der Waals surface area contributed by atoms with Gasteiger partial charge in [0, 0.05) is 0 Å². The summed E-state index contributed by atoms with van der Waals surface area (Å²) in [7, 11) is 1.49. The van der Waals surface area contributed by atoms with Gasteiger partial charge in [-0.15, -0.1) is 0 Å². The molecule has 0 spiro atoms. The SMILES string of the molecule is CCCCc1ccc(OCC[C@@H]2CCC[C@H](C(=O)OC)C2)cc1. The van der Waals surface area contributed by atoms with Gasteiger partial charge >= 0.3 is 5.97 Å². The first-order valence-corrected chi connectivity index (χ1v) is 9.02. The second kappa shape index (κ2) is 9.59. The van der Waals surface area contributed by atoms with E-state index >= 15 is 0 Å². The fourth-order valence-corrected chi connectivity index (χ4v) is 3.41. The van der Waals surface area contributed by atoms with E-state index in [1.54, 1.807) is 0 Å². The quantitative estimate of drug-likeness (QED) is 0.647. The summed E-state index contributed by atoms with van der Waals surface area (Å²) in [5, 5.41) is 0. The van der Waals surface area contributed by atoms with Gasteiger partial charge in [-0.05, 0) is 55.7 Å². The second-order valence-electron chi connectivity index (χ2n) is 6.64. The Morgan fingerprint density at radius 3 is 2.70 bits per heavy atom. The Hall–Kier alpha value is -1.51. The van der Waals surface area contributed by atoms with Crippen molar-refractivity contribution in [1.29, 1.82) is 0 Å². The number of carbonyl (C=O) groups excluding carboxylic acids is 1. The largest absolute Gasteiger partial charge is 0.494 e. The summed E-state index contributed by atoms with van der Waals surface area (Å²) >= 11 is 0. The van der Waals surface area contributed by atoms with Crippen LogP contribution in [0.3, 0.4) is 0 Å². The number of methoxy groups -OCH3 is 1. The van der Waals surface area contributed by atoms with Crippen molar-refractivity contribution in [1.82, 2.24) is 0 Å². The third-order valence-electron chi connectivity index (χ3n) is 4.85. The predicted molar refractivity (Wildman–Crippen MR) is 92.6 cm³/mol. The lowest BCUT2D eigenvalue weighted by atomic mass is 9.80. The smallest absolute Gasteiger partial charge is 0.308 e. The summed E-state index contributed by atoms with van der Waals surface area (Å²) in [5.74, 6) is 1.58. The minimum atomic E-state index is -0.0433. The number of ether oxygens (including phenoxy) is 2. The lowest BCUT2D eigenvalue weighted by Crippen LogP contribution is -2.24. The molecule has 0 heterocycles. The zero-order chi connectivity index (χ0) is 16.5. The molecular weight excluding hydrogens is 288 g/mol.